The highest BCUT2D eigenvalue weighted by atomic mass is 32.2. The molecule has 0 aliphatic carbocycles. The zero-order valence-corrected chi connectivity index (χ0v) is 17.2. The lowest BCUT2D eigenvalue weighted by Crippen LogP contribution is -2.23. The van der Waals surface area contributed by atoms with Gasteiger partial charge in [0.1, 0.15) is 0 Å². The van der Waals surface area contributed by atoms with Gasteiger partial charge in [-0.25, -0.2) is 8.42 Å². The molecular formula is C21H26N2O4S. The normalized spacial score (nSPS) is 11.3. The van der Waals surface area contributed by atoms with E-state index in [-0.39, 0.29) is 16.7 Å². The fourth-order valence-electron chi connectivity index (χ4n) is 2.56. The highest BCUT2D eigenvalue weighted by Crippen LogP contribution is 2.17. The molecule has 28 heavy (non-hydrogen) atoms. The van der Waals surface area contributed by atoms with Gasteiger partial charge in [-0.05, 0) is 62.2 Å². The molecule has 2 aromatic carbocycles. The Kier molecular flexibility index (Phi) is 7.34. The van der Waals surface area contributed by atoms with Gasteiger partial charge in [-0.1, -0.05) is 19.1 Å². The van der Waals surface area contributed by atoms with E-state index in [0.717, 1.165) is 12.0 Å². The van der Waals surface area contributed by atoms with Crippen LogP contribution in [0.4, 0.5) is 5.69 Å². The number of nitrogens with one attached hydrogen (secondary N) is 2. The number of carbonyl (C=O) groups excluding carboxylic acids is 2. The summed E-state index contributed by atoms with van der Waals surface area (Å²) in [6.07, 6.45) is 1.24. The van der Waals surface area contributed by atoms with Crippen molar-refractivity contribution < 1.29 is 18.0 Å². The molecule has 0 aromatic heterocycles. The van der Waals surface area contributed by atoms with Crippen molar-refractivity contribution in [3.63, 3.8) is 0 Å². The Balaban J connectivity index is 2.00. The summed E-state index contributed by atoms with van der Waals surface area (Å²) in [5, 5.41) is 5.11. The van der Waals surface area contributed by atoms with E-state index in [1.807, 2.05) is 25.1 Å². The third-order valence-corrected chi connectivity index (χ3v) is 6.38. The fourth-order valence-corrected chi connectivity index (χ4v) is 3.62. The Bertz CT molecular complexity index is 935. The van der Waals surface area contributed by atoms with Gasteiger partial charge in [0.05, 0.1) is 10.1 Å². The van der Waals surface area contributed by atoms with E-state index in [9.17, 15) is 18.0 Å². The number of amides is 2. The van der Waals surface area contributed by atoms with E-state index in [1.54, 1.807) is 19.9 Å². The van der Waals surface area contributed by atoms with Crippen molar-refractivity contribution in [2.75, 3.05) is 5.32 Å². The molecule has 2 N–H and O–H groups in total. The number of hydrogen-bond donors (Lipinski definition) is 2. The summed E-state index contributed by atoms with van der Waals surface area (Å²) in [7, 11) is -3.36. The number of anilines is 1. The Morgan fingerprint density at radius 1 is 1.04 bits per heavy atom. The van der Waals surface area contributed by atoms with Gasteiger partial charge < -0.3 is 10.6 Å². The predicted molar refractivity (Wildman–Crippen MR) is 110 cm³/mol. The molecule has 0 saturated carbocycles. The van der Waals surface area contributed by atoms with Crippen LogP contribution in [0.15, 0.2) is 53.4 Å². The average molecular weight is 403 g/mol. The van der Waals surface area contributed by atoms with Crippen molar-refractivity contribution in [3.05, 3.63) is 59.7 Å². The van der Waals surface area contributed by atoms with E-state index < -0.39 is 15.1 Å². The van der Waals surface area contributed by atoms with E-state index in [1.165, 1.54) is 24.3 Å². The van der Waals surface area contributed by atoms with Crippen LogP contribution in [-0.2, 0) is 21.2 Å². The van der Waals surface area contributed by atoms with Crippen molar-refractivity contribution in [3.8, 4) is 0 Å². The van der Waals surface area contributed by atoms with Gasteiger partial charge in [-0.3, -0.25) is 9.59 Å². The maximum absolute atomic E-state index is 12.3. The summed E-state index contributed by atoms with van der Waals surface area (Å²) in [4.78, 5) is 24.2. The van der Waals surface area contributed by atoms with Gasteiger partial charge in [0.25, 0.3) is 5.91 Å². The van der Waals surface area contributed by atoms with Gasteiger partial charge in [-0.15, -0.1) is 0 Å². The Morgan fingerprint density at radius 3 is 2.32 bits per heavy atom. The zero-order chi connectivity index (χ0) is 20.7. The number of rotatable bonds is 8. The molecule has 7 heteroatoms. The molecule has 0 heterocycles. The maximum atomic E-state index is 12.3. The molecule has 0 unspecified atom stereocenters. The van der Waals surface area contributed by atoms with Gasteiger partial charge in [-0.2, -0.15) is 0 Å². The lowest BCUT2D eigenvalue weighted by atomic mass is 10.1. The monoisotopic (exact) mass is 402 g/mol. The number of benzene rings is 2. The molecule has 0 spiro atoms. The summed E-state index contributed by atoms with van der Waals surface area (Å²) in [5.41, 5.74) is 1.92. The molecule has 0 bridgehead atoms. The first kappa shape index (κ1) is 21.6. The number of hydrogen-bond acceptors (Lipinski definition) is 4. The third-order valence-electron chi connectivity index (χ3n) is 4.21. The fraction of sp³-hybridized carbons (Fsp3) is 0.333. The molecule has 2 aromatic rings. The Hall–Kier alpha value is -2.67. The second kappa shape index (κ2) is 9.50. The topological polar surface area (TPSA) is 92.3 Å². The zero-order valence-electron chi connectivity index (χ0n) is 16.4. The smallest absolute Gasteiger partial charge is 0.251 e. The summed E-state index contributed by atoms with van der Waals surface area (Å²) < 4.78 is 24.3. The van der Waals surface area contributed by atoms with Crippen molar-refractivity contribution in [2.24, 2.45) is 0 Å². The van der Waals surface area contributed by atoms with Crippen LogP contribution in [0, 0.1) is 0 Å². The predicted octanol–water partition coefficient (Wildman–Crippen LogP) is 3.54. The van der Waals surface area contributed by atoms with Gasteiger partial charge in [0.15, 0.2) is 9.84 Å². The lowest BCUT2D eigenvalue weighted by molar-refractivity contribution is -0.116. The molecule has 0 fully saturated rings. The van der Waals surface area contributed by atoms with Crippen LogP contribution in [0.25, 0.3) is 0 Å². The van der Waals surface area contributed by atoms with E-state index >= 15 is 0 Å². The second-order valence-corrected chi connectivity index (χ2v) is 9.30. The maximum Gasteiger partial charge on any atom is 0.251 e. The minimum atomic E-state index is -3.36. The molecule has 0 aliphatic heterocycles. The van der Waals surface area contributed by atoms with E-state index in [2.05, 4.69) is 10.6 Å². The summed E-state index contributed by atoms with van der Waals surface area (Å²) in [6, 6.07) is 13.2. The molecular weight excluding hydrogens is 376 g/mol. The summed E-state index contributed by atoms with van der Waals surface area (Å²) >= 11 is 0. The van der Waals surface area contributed by atoms with Crippen LogP contribution < -0.4 is 10.6 Å². The van der Waals surface area contributed by atoms with Crippen LogP contribution in [0.2, 0.25) is 0 Å². The SMILES string of the molecule is CCCC(=O)Nc1cccc(CNC(=O)c2ccc(S(=O)(=O)C(C)C)cc2)c1. The molecule has 2 rings (SSSR count). The lowest BCUT2D eigenvalue weighted by Gasteiger charge is -2.10. The van der Waals surface area contributed by atoms with Crippen LogP contribution in [0.1, 0.15) is 49.5 Å². The van der Waals surface area contributed by atoms with Crippen LogP contribution >= 0.6 is 0 Å². The highest BCUT2D eigenvalue weighted by Gasteiger charge is 2.19. The molecule has 150 valence electrons. The molecule has 0 radical (unpaired) electrons. The quantitative estimate of drug-likeness (QED) is 0.706. The highest BCUT2D eigenvalue weighted by molar-refractivity contribution is 7.92. The average Bonchev–Trinajstić information content (AvgIpc) is 2.66. The Labute approximate surface area is 166 Å². The third kappa shape index (κ3) is 5.66. The number of sulfone groups is 1. The van der Waals surface area contributed by atoms with Crippen LogP contribution in [0.3, 0.4) is 0 Å². The van der Waals surface area contributed by atoms with E-state index in [4.69, 9.17) is 0 Å². The standard InChI is InChI=1S/C21H26N2O4S/c1-4-6-20(24)23-18-8-5-7-16(13-18)14-22-21(25)17-9-11-19(12-10-17)28(26,27)15(2)3/h5,7-13,15H,4,6,14H2,1-3H3,(H,22,25)(H,23,24). The van der Waals surface area contributed by atoms with E-state index in [0.29, 0.717) is 24.2 Å². The molecule has 0 atom stereocenters. The summed E-state index contributed by atoms with van der Waals surface area (Å²) in [5.74, 6) is -0.339. The first-order valence-electron chi connectivity index (χ1n) is 9.25. The van der Waals surface area contributed by atoms with Gasteiger partial charge >= 0.3 is 0 Å². The van der Waals surface area contributed by atoms with Crippen LogP contribution in [-0.4, -0.2) is 25.5 Å². The van der Waals surface area contributed by atoms with Crippen molar-refractivity contribution >= 4 is 27.3 Å². The van der Waals surface area contributed by atoms with Crippen molar-refractivity contribution in [1.29, 1.82) is 0 Å². The Morgan fingerprint density at radius 2 is 1.71 bits per heavy atom. The molecule has 0 saturated heterocycles. The van der Waals surface area contributed by atoms with Crippen molar-refractivity contribution in [1.82, 2.24) is 5.32 Å². The first-order valence-corrected chi connectivity index (χ1v) is 10.8. The van der Waals surface area contributed by atoms with Crippen molar-refractivity contribution in [2.45, 2.75) is 50.3 Å². The number of carbonyl (C=O) groups is 2. The minimum Gasteiger partial charge on any atom is -0.348 e. The molecule has 0 aliphatic rings. The molecule has 6 nitrogen and oxygen atoms in total. The summed E-state index contributed by atoms with van der Waals surface area (Å²) in [6.45, 7) is 5.47. The van der Waals surface area contributed by atoms with Gasteiger partial charge in [0, 0.05) is 24.2 Å². The molecule has 2 amide bonds. The first-order chi connectivity index (χ1) is 13.2. The largest absolute Gasteiger partial charge is 0.348 e. The van der Waals surface area contributed by atoms with Crippen LogP contribution in [0.5, 0.6) is 0 Å². The van der Waals surface area contributed by atoms with Gasteiger partial charge in [0.2, 0.25) is 5.91 Å². The second-order valence-electron chi connectivity index (χ2n) is 6.80. The minimum absolute atomic E-state index is 0.0416.